The van der Waals surface area contributed by atoms with Crippen molar-refractivity contribution >= 4 is 34.6 Å². The number of fused-ring (bicyclic) bond motifs is 1. The molecular formula is C18H20ClLiN6O3. The number of piperidine rings is 1. The Bertz CT molecular complexity index is 1030. The molecule has 9 nitrogen and oxygen atoms in total. The number of nitrogens with zero attached hydrogens (tertiary/aromatic N) is 5. The number of carbonyl (C=O) groups is 1. The Balaban J connectivity index is 0.00000120. The van der Waals surface area contributed by atoms with Crippen LogP contribution in [0.3, 0.4) is 0 Å². The number of imidazole rings is 1. The Kier molecular flexibility index (Phi) is 5.97. The number of rotatable bonds is 4. The molecule has 2 fully saturated rings. The van der Waals surface area contributed by atoms with Crippen LogP contribution in [0.15, 0.2) is 24.5 Å². The average molecular weight is 411 g/mol. The molecule has 29 heavy (non-hydrogen) atoms. The third-order valence-corrected chi connectivity index (χ3v) is 5.78. The number of anilines is 1. The second kappa shape index (κ2) is 7.99. The molecule has 3 N–H and O–H groups in total. The SMILES string of the molecule is O=C(O)[C@@H]1CCCN(c2ccc3[nH]c(C4(n5cc(Cl)cn5)CC4)nc3n2)C1.[Li+].[OH-]. The third kappa shape index (κ3) is 3.76. The molecule has 2 aliphatic rings. The van der Waals surface area contributed by atoms with Crippen LogP contribution in [0, 0.1) is 5.92 Å². The second-order valence-electron chi connectivity index (χ2n) is 7.38. The maximum atomic E-state index is 11.3. The Morgan fingerprint density at radius 2 is 2.10 bits per heavy atom. The standard InChI is InChI=1S/C18H19ClN6O2.Li.H2O/c19-12-8-20-25(10-12)18(5-6-18)17-21-13-3-4-14(22-15(13)23-17)24-7-1-2-11(9-24)16(26)27;;/h3-4,8,10-11H,1-2,5-7,9H2,(H,26,27)(H,21,22,23);;1H2/q;+1;/p-1/t11-;;/m1../s1. The van der Waals surface area contributed by atoms with E-state index in [1.54, 1.807) is 6.20 Å². The molecular weight excluding hydrogens is 391 g/mol. The van der Waals surface area contributed by atoms with E-state index in [-0.39, 0.29) is 35.8 Å². The van der Waals surface area contributed by atoms with Gasteiger partial charge in [-0.15, -0.1) is 0 Å². The smallest absolute Gasteiger partial charge is 0.870 e. The Hall–Kier alpha value is -2.05. The minimum absolute atomic E-state index is 0. The normalized spacial score (nSPS) is 20.0. The molecule has 0 radical (unpaired) electrons. The van der Waals surface area contributed by atoms with Gasteiger partial charge in [0.05, 0.1) is 22.7 Å². The number of carboxylic acids is 1. The number of nitrogens with one attached hydrogen (secondary N) is 1. The summed E-state index contributed by atoms with van der Waals surface area (Å²) in [6.45, 7) is 1.30. The van der Waals surface area contributed by atoms with Crippen molar-refractivity contribution in [2.75, 3.05) is 18.0 Å². The summed E-state index contributed by atoms with van der Waals surface area (Å²) >= 11 is 6.03. The van der Waals surface area contributed by atoms with Crippen LogP contribution in [-0.4, -0.2) is 54.4 Å². The monoisotopic (exact) mass is 410 g/mol. The van der Waals surface area contributed by atoms with Crippen LogP contribution in [0.2, 0.25) is 5.02 Å². The van der Waals surface area contributed by atoms with Crippen LogP contribution in [-0.2, 0) is 10.3 Å². The molecule has 0 bridgehead atoms. The Labute approximate surface area is 183 Å². The van der Waals surface area contributed by atoms with E-state index in [4.69, 9.17) is 16.6 Å². The molecule has 5 rings (SSSR count). The van der Waals surface area contributed by atoms with Crippen LogP contribution < -0.4 is 23.8 Å². The number of carboxylic acid groups (broad SMARTS) is 1. The minimum Gasteiger partial charge on any atom is -0.870 e. The van der Waals surface area contributed by atoms with Crippen molar-refractivity contribution in [1.82, 2.24) is 24.7 Å². The van der Waals surface area contributed by atoms with Crippen molar-refractivity contribution in [3.05, 3.63) is 35.4 Å². The van der Waals surface area contributed by atoms with Gasteiger partial charge in [-0.25, -0.2) is 9.97 Å². The van der Waals surface area contributed by atoms with Gasteiger partial charge in [0.1, 0.15) is 17.2 Å². The van der Waals surface area contributed by atoms with E-state index in [2.05, 4.69) is 15.1 Å². The molecule has 4 heterocycles. The van der Waals surface area contributed by atoms with Crippen molar-refractivity contribution in [3.63, 3.8) is 0 Å². The van der Waals surface area contributed by atoms with Gasteiger partial charge in [-0.3, -0.25) is 9.48 Å². The van der Waals surface area contributed by atoms with Crippen molar-refractivity contribution in [2.45, 2.75) is 31.2 Å². The molecule has 1 aliphatic heterocycles. The number of hydrogen-bond acceptors (Lipinski definition) is 6. The fourth-order valence-corrected chi connectivity index (χ4v) is 4.03. The molecule has 1 aliphatic carbocycles. The zero-order chi connectivity index (χ0) is 18.6. The first kappa shape index (κ1) is 21.7. The van der Waals surface area contributed by atoms with Crippen LogP contribution >= 0.6 is 11.6 Å². The summed E-state index contributed by atoms with van der Waals surface area (Å²) in [4.78, 5) is 26.1. The summed E-state index contributed by atoms with van der Waals surface area (Å²) in [5, 5.41) is 14.3. The first-order chi connectivity index (χ1) is 13.0. The van der Waals surface area contributed by atoms with E-state index in [0.29, 0.717) is 17.2 Å². The molecule has 3 aromatic rings. The van der Waals surface area contributed by atoms with Crippen molar-refractivity contribution in [3.8, 4) is 0 Å². The fourth-order valence-electron chi connectivity index (χ4n) is 3.89. The molecule has 1 atom stereocenters. The van der Waals surface area contributed by atoms with E-state index >= 15 is 0 Å². The topological polar surface area (TPSA) is 130 Å². The van der Waals surface area contributed by atoms with E-state index in [9.17, 15) is 9.90 Å². The Morgan fingerprint density at radius 3 is 2.76 bits per heavy atom. The number of hydrogen-bond donors (Lipinski definition) is 2. The van der Waals surface area contributed by atoms with Crippen LogP contribution in [0.5, 0.6) is 0 Å². The molecule has 3 aromatic heterocycles. The van der Waals surface area contributed by atoms with Gasteiger partial charge in [0.15, 0.2) is 5.65 Å². The molecule has 0 unspecified atom stereocenters. The Morgan fingerprint density at radius 1 is 1.31 bits per heavy atom. The van der Waals surface area contributed by atoms with Gasteiger partial charge in [-0.05, 0) is 37.8 Å². The first-order valence-electron chi connectivity index (χ1n) is 9.11. The summed E-state index contributed by atoms with van der Waals surface area (Å²) in [6.07, 6.45) is 6.92. The van der Waals surface area contributed by atoms with E-state index in [1.807, 2.05) is 27.9 Å². The van der Waals surface area contributed by atoms with Crippen LogP contribution in [0.25, 0.3) is 11.2 Å². The number of H-pyrrole nitrogens is 1. The quantitative estimate of drug-likeness (QED) is 0.553. The summed E-state index contributed by atoms with van der Waals surface area (Å²) in [7, 11) is 0. The number of aromatic nitrogens is 5. The van der Waals surface area contributed by atoms with Gasteiger partial charge in [0.25, 0.3) is 0 Å². The molecule has 148 valence electrons. The van der Waals surface area contributed by atoms with Gasteiger partial charge >= 0.3 is 24.8 Å². The molecule has 0 aromatic carbocycles. The van der Waals surface area contributed by atoms with E-state index in [0.717, 1.165) is 49.4 Å². The number of halogens is 1. The summed E-state index contributed by atoms with van der Waals surface area (Å²) in [5.41, 5.74) is 1.24. The number of pyridine rings is 1. The van der Waals surface area contributed by atoms with Gasteiger partial charge in [-0.2, -0.15) is 5.10 Å². The number of aromatic amines is 1. The second-order valence-corrected chi connectivity index (χ2v) is 7.82. The van der Waals surface area contributed by atoms with Gasteiger partial charge in [0, 0.05) is 19.3 Å². The predicted octanol–water partition coefficient (Wildman–Crippen LogP) is -0.527. The maximum absolute atomic E-state index is 11.3. The molecule has 1 saturated heterocycles. The zero-order valence-electron chi connectivity index (χ0n) is 16.0. The number of aliphatic carboxylic acids is 1. The van der Waals surface area contributed by atoms with Crippen molar-refractivity contribution in [2.24, 2.45) is 5.92 Å². The zero-order valence-corrected chi connectivity index (χ0v) is 16.8. The van der Waals surface area contributed by atoms with Gasteiger partial charge < -0.3 is 20.5 Å². The first-order valence-corrected chi connectivity index (χ1v) is 9.49. The minimum atomic E-state index is -0.739. The summed E-state index contributed by atoms with van der Waals surface area (Å²) in [5.74, 6) is 0.532. The summed E-state index contributed by atoms with van der Waals surface area (Å²) in [6, 6.07) is 3.89. The van der Waals surface area contributed by atoms with E-state index in [1.165, 1.54) is 0 Å². The third-order valence-electron chi connectivity index (χ3n) is 5.58. The van der Waals surface area contributed by atoms with Crippen LogP contribution in [0.1, 0.15) is 31.5 Å². The molecule has 0 amide bonds. The molecule has 11 heteroatoms. The summed E-state index contributed by atoms with van der Waals surface area (Å²) < 4.78 is 1.87. The van der Waals surface area contributed by atoms with Crippen LogP contribution in [0.4, 0.5) is 5.82 Å². The fraction of sp³-hybridized carbons (Fsp3) is 0.444. The van der Waals surface area contributed by atoms with Gasteiger partial charge in [0.2, 0.25) is 0 Å². The van der Waals surface area contributed by atoms with Crippen molar-refractivity contribution < 1.29 is 34.2 Å². The van der Waals surface area contributed by atoms with E-state index < -0.39 is 5.97 Å². The predicted molar refractivity (Wildman–Crippen MR) is 102 cm³/mol. The van der Waals surface area contributed by atoms with Crippen molar-refractivity contribution in [1.29, 1.82) is 0 Å². The largest absolute Gasteiger partial charge is 1.00 e. The molecule has 1 saturated carbocycles. The molecule has 0 spiro atoms. The average Bonchev–Trinajstić information content (AvgIpc) is 3.17. The maximum Gasteiger partial charge on any atom is 1.00 e. The van der Waals surface area contributed by atoms with Gasteiger partial charge in [-0.1, -0.05) is 11.6 Å².